The first-order valence-corrected chi connectivity index (χ1v) is 8.03. The van der Waals surface area contributed by atoms with Gasteiger partial charge in [0.1, 0.15) is 11.4 Å². The van der Waals surface area contributed by atoms with E-state index in [1.165, 1.54) is 6.07 Å². The van der Waals surface area contributed by atoms with Crippen LogP contribution in [0.2, 0.25) is 0 Å². The minimum Gasteiger partial charge on any atom is -0.442 e. The maximum absolute atomic E-state index is 12.5. The molecule has 23 heavy (non-hydrogen) atoms. The topological polar surface area (TPSA) is 99.4 Å². The lowest BCUT2D eigenvalue weighted by Gasteiger charge is -2.13. The minimum absolute atomic E-state index is 0.0427. The highest BCUT2D eigenvalue weighted by Gasteiger charge is 2.35. The summed E-state index contributed by atoms with van der Waals surface area (Å²) in [4.78, 5) is 0. The van der Waals surface area contributed by atoms with Crippen LogP contribution in [0.1, 0.15) is 12.1 Å². The fourth-order valence-electron chi connectivity index (χ4n) is 2.25. The van der Waals surface area contributed by atoms with E-state index in [1.54, 1.807) is 0 Å². The second-order valence-electron chi connectivity index (χ2n) is 5.09. The molecule has 1 atom stereocenters. The van der Waals surface area contributed by atoms with E-state index in [1.807, 2.05) is 5.10 Å². The summed E-state index contributed by atoms with van der Waals surface area (Å²) in [5.74, 6) is -0.102. The Morgan fingerprint density at radius 1 is 1.39 bits per heavy atom. The number of aromatic amines is 1. The van der Waals surface area contributed by atoms with Crippen molar-refractivity contribution in [2.45, 2.75) is 23.8 Å². The van der Waals surface area contributed by atoms with Crippen LogP contribution in [0.3, 0.4) is 0 Å². The molecule has 0 saturated carbocycles. The Hall–Kier alpha value is -1.85. The van der Waals surface area contributed by atoms with Gasteiger partial charge in [0, 0.05) is 13.1 Å². The molecule has 1 fully saturated rings. The lowest BCUT2D eigenvalue weighted by molar-refractivity contribution is -0.141. The van der Waals surface area contributed by atoms with Gasteiger partial charge in [0.05, 0.1) is 6.10 Å². The largest absolute Gasteiger partial charge is 0.442 e. The number of rotatable bonds is 3. The fraction of sp³-hybridized carbons (Fsp3) is 0.417. The molecule has 1 saturated heterocycles. The number of furan rings is 1. The van der Waals surface area contributed by atoms with Crippen LogP contribution in [0, 0.1) is 0 Å². The van der Waals surface area contributed by atoms with Gasteiger partial charge in [0.15, 0.2) is 5.76 Å². The molecule has 0 amide bonds. The molecule has 1 unspecified atom stereocenters. The molecule has 11 heteroatoms. The van der Waals surface area contributed by atoms with Gasteiger partial charge in [-0.25, -0.2) is 8.42 Å². The molecule has 0 radical (unpaired) electrons. The number of H-pyrrole nitrogens is 1. The van der Waals surface area contributed by atoms with E-state index in [0.29, 0.717) is 6.42 Å². The molecular weight excluding hydrogens is 339 g/mol. The third-order valence-electron chi connectivity index (χ3n) is 3.44. The standard InChI is InChI=1S/C12H12F3N3O4S/c13-12(14,15)10-5-8(16-17-10)9-1-2-11(22-9)23(20,21)18-4-3-7(19)6-18/h1-2,5,7,19H,3-4,6H2,(H,16,17). The second-order valence-corrected chi connectivity index (χ2v) is 6.96. The number of nitrogens with one attached hydrogen (secondary N) is 1. The SMILES string of the molecule is O=S(=O)(c1ccc(-c2cc(C(F)(F)F)[nH]n2)o1)N1CCC(O)C1. The summed E-state index contributed by atoms with van der Waals surface area (Å²) in [5, 5.41) is 14.3. The number of hydrogen-bond acceptors (Lipinski definition) is 5. The van der Waals surface area contributed by atoms with Crippen LogP contribution in [0.15, 0.2) is 27.7 Å². The normalized spacial score (nSPS) is 20.3. The predicted octanol–water partition coefficient (Wildman–Crippen LogP) is 1.44. The quantitative estimate of drug-likeness (QED) is 0.872. The van der Waals surface area contributed by atoms with Gasteiger partial charge in [-0.2, -0.15) is 22.6 Å². The summed E-state index contributed by atoms with van der Waals surface area (Å²) in [6, 6.07) is 3.11. The number of nitrogens with zero attached hydrogens (tertiary/aromatic N) is 2. The molecule has 2 aromatic heterocycles. The molecule has 0 spiro atoms. The first-order valence-electron chi connectivity index (χ1n) is 6.59. The van der Waals surface area contributed by atoms with Gasteiger partial charge in [-0.1, -0.05) is 0 Å². The Balaban J connectivity index is 1.87. The number of β-amino-alcohol motifs (C(OH)–C–C–N with tert-alkyl or cyclic N) is 1. The van der Waals surface area contributed by atoms with Gasteiger partial charge in [-0.15, -0.1) is 0 Å². The minimum atomic E-state index is -4.58. The van der Waals surface area contributed by atoms with Crippen LogP contribution in [-0.2, 0) is 16.2 Å². The highest BCUT2D eigenvalue weighted by molar-refractivity contribution is 7.89. The van der Waals surface area contributed by atoms with Gasteiger partial charge in [0.25, 0.3) is 10.0 Å². The van der Waals surface area contributed by atoms with Gasteiger partial charge in [-0.3, -0.25) is 5.10 Å². The Morgan fingerprint density at radius 3 is 2.70 bits per heavy atom. The summed E-state index contributed by atoms with van der Waals surface area (Å²) in [5.41, 5.74) is -1.21. The first kappa shape index (κ1) is 16.0. The van der Waals surface area contributed by atoms with Gasteiger partial charge >= 0.3 is 6.18 Å². The van der Waals surface area contributed by atoms with Crippen molar-refractivity contribution < 1.29 is 31.1 Å². The van der Waals surface area contributed by atoms with Crippen LogP contribution in [-0.4, -0.2) is 47.2 Å². The number of hydrogen-bond donors (Lipinski definition) is 2. The molecule has 3 heterocycles. The monoisotopic (exact) mass is 351 g/mol. The Morgan fingerprint density at radius 2 is 2.13 bits per heavy atom. The Kier molecular flexibility index (Phi) is 3.73. The molecule has 0 aliphatic carbocycles. The Labute approximate surface area is 128 Å². The van der Waals surface area contributed by atoms with E-state index < -0.39 is 33.1 Å². The van der Waals surface area contributed by atoms with Crippen molar-refractivity contribution in [3.63, 3.8) is 0 Å². The fourth-order valence-corrected chi connectivity index (χ4v) is 3.65. The van der Waals surface area contributed by atoms with E-state index in [0.717, 1.165) is 16.4 Å². The number of halogens is 3. The van der Waals surface area contributed by atoms with Crippen molar-refractivity contribution in [1.29, 1.82) is 0 Å². The molecule has 2 aromatic rings. The molecule has 2 N–H and O–H groups in total. The third-order valence-corrected chi connectivity index (χ3v) is 5.18. The second kappa shape index (κ2) is 5.35. The highest BCUT2D eigenvalue weighted by atomic mass is 32.2. The summed E-state index contributed by atoms with van der Waals surface area (Å²) in [7, 11) is -3.93. The lowest BCUT2D eigenvalue weighted by Crippen LogP contribution is -2.29. The summed E-state index contributed by atoms with van der Waals surface area (Å²) in [6.45, 7) is 0.110. The van der Waals surface area contributed by atoms with E-state index in [4.69, 9.17) is 4.42 Å². The summed E-state index contributed by atoms with van der Waals surface area (Å²) < 4.78 is 68.4. The zero-order valence-corrected chi connectivity index (χ0v) is 12.4. The van der Waals surface area contributed by atoms with Crippen LogP contribution in [0.25, 0.3) is 11.5 Å². The maximum atomic E-state index is 12.5. The number of sulfonamides is 1. The molecule has 1 aliphatic heterocycles. The Bertz CT molecular complexity index is 812. The van der Waals surface area contributed by atoms with Crippen LogP contribution >= 0.6 is 0 Å². The number of aliphatic hydroxyl groups excluding tert-OH is 1. The average Bonchev–Trinajstić information content (AvgIpc) is 3.17. The lowest BCUT2D eigenvalue weighted by atomic mass is 10.3. The smallest absolute Gasteiger partial charge is 0.432 e. The molecule has 126 valence electrons. The van der Waals surface area contributed by atoms with Crippen molar-refractivity contribution in [2.75, 3.05) is 13.1 Å². The van der Waals surface area contributed by atoms with Crippen molar-refractivity contribution in [2.24, 2.45) is 0 Å². The molecule has 7 nitrogen and oxygen atoms in total. The third kappa shape index (κ3) is 2.99. The van der Waals surface area contributed by atoms with Crippen molar-refractivity contribution >= 4 is 10.0 Å². The number of aliphatic hydroxyl groups is 1. The van der Waals surface area contributed by atoms with E-state index in [9.17, 15) is 26.7 Å². The van der Waals surface area contributed by atoms with Gasteiger partial charge in [0.2, 0.25) is 5.09 Å². The summed E-state index contributed by atoms with van der Waals surface area (Å²) >= 11 is 0. The molecule has 3 rings (SSSR count). The van der Waals surface area contributed by atoms with Crippen LogP contribution < -0.4 is 0 Å². The van der Waals surface area contributed by atoms with Crippen molar-refractivity contribution in [3.05, 3.63) is 23.9 Å². The van der Waals surface area contributed by atoms with Crippen LogP contribution in [0.5, 0.6) is 0 Å². The van der Waals surface area contributed by atoms with Crippen molar-refractivity contribution in [1.82, 2.24) is 14.5 Å². The number of aromatic nitrogens is 2. The molecule has 1 aliphatic rings. The van der Waals surface area contributed by atoms with E-state index >= 15 is 0 Å². The van der Waals surface area contributed by atoms with E-state index in [2.05, 4.69) is 5.10 Å². The molecule has 0 bridgehead atoms. The molecule has 0 aromatic carbocycles. The zero-order chi connectivity index (χ0) is 16.8. The first-order chi connectivity index (χ1) is 10.7. The van der Waals surface area contributed by atoms with Crippen LogP contribution in [0.4, 0.5) is 13.2 Å². The van der Waals surface area contributed by atoms with Gasteiger partial charge < -0.3 is 9.52 Å². The maximum Gasteiger partial charge on any atom is 0.432 e. The highest BCUT2D eigenvalue weighted by Crippen LogP contribution is 2.32. The van der Waals surface area contributed by atoms with Crippen molar-refractivity contribution in [3.8, 4) is 11.5 Å². The average molecular weight is 351 g/mol. The van der Waals surface area contributed by atoms with Gasteiger partial charge in [-0.05, 0) is 24.6 Å². The summed E-state index contributed by atoms with van der Waals surface area (Å²) in [6.07, 6.45) is -5.00. The zero-order valence-electron chi connectivity index (χ0n) is 11.5. The van der Waals surface area contributed by atoms with E-state index in [-0.39, 0.29) is 24.5 Å². The predicted molar refractivity (Wildman–Crippen MR) is 70.7 cm³/mol. The number of alkyl halides is 3. The molecular formula is C12H12F3N3O4S.